The first-order chi connectivity index (χ1) is 9.66. The van der Waals surface area contributed by atoms with Crippen molar-refractivity contribution in [2.45, 2.75) is 12.8 Å². The molecule has 3 heterocycles. The fourth-order valence-electron chi connectivity index (χ4n) is 3.01. The molecule has 20 heavy (non-hydrogen) atoms. The lowest BCUT2D eigenvalue weighted by Crippen LogP contribution is -2.19. The maximum Gasteiger partial charge on any atom is 0.229 e. The quantitative estimate of drug-likeness (QED) is 0.917. The van der Waals surface area contributed by atoms with Crippen LogP contribution in [0.1, 0.15) is 12.8 Å². The third-order valence-corrected chi connectivity index (χ3v) is 4.78. The van der Waals surface area contributed by atoms with Crippen LogP contribution in [0.2, 0.25) is 0 Å². The summed E-state index contributed by atoms with van der Waals surface area (Å²) in [6.45, 7) is 1.51. The van der Waals surface area contributed by atoms with E-state index >= 15 is 0 Å². The number of hydrogen-bond acceptors (Lipinski definition) is 3. The maximum absolute atomic E-state index is 12.3. The molecule has 1 amide bonds. The Balaban J connectivity index is 1.51. The van der Waals surface area contributed by atoms with E-state index in [1.165, 1.54) is 0 Å². The van der Waals surface area contributed by atoms with Gasteiger partial charge in [-0.1, -0.05) is 0 Å². The molecule has 1 saturated heterocycles. The second-order valence-electron chi connectivity index (χ2n) is 5.66. The van der Waals surface area contributed by atoms with E-state index in [0.717, 1.165) is 36.0 Å². The number of fused-ring (bicyclic) bond motifs is 1. The highest BCUT2D eigenvalue weighted by molar-refractivity contribution is 9.10. The first-order valence-electron chi connectivity index (χ1n) is 6.70. The third kappa shape index (κ3) is 1.94. The van der Waals surface area contributed by atoms with Gasteiger partial charge in [0.1, 0.15) is 0 Å². The van der Waals surface area contributed by atoms with Crippen LogP contribution in [-0.4, -0.2) is 28.7 Å². The van der Waals surface area contributed by atoms with Crippen LogP contribution in [0.5, 0.6) is 0 Å². The molecule has 1 N–H and O–H groups in total. The van der Waals surface area contributed by atoms with Crippen LogP contribution in [0.4, 0.5) is 5.82 Å². The number of ether oxygens (including phenoxy) is 1. The van der Waals surface area contributed by atoms with Crippen molar-refractivity contribution in [3.05, 3.63) is 28.9 Å². The van der Waals surface area contributed by atoms with E-state index in [9.17, 15) is 4.79 Å². The lowest BCUT2D eigenvalue weighted by atomic mass is 10.0. The summed E-state index contributed by atoms with van der Waals surface area (Å²) in [4.78, 5) is 12.3. The average molecular weight is 336 g/mol. The zero-order valence-electron chi connectivity index (χ0n) is 10.8. The number of nitrogens with one attached hydrogen (secondary N) is 1. The molecule has 4 rings (SSSR count). The van der Waals surface area contributed by atoms with E-state index in [2.05, 4.69) is 26.3 Å². The number of aromatic nitrogens is 2. The zero-order valence-corrected chi connectivity index (χ0v) is 12.4. The highest BCUT2D eigenvalue weighted by Gasteiger charge is 2.59. The van der Waals surface area contributed by atoms with Gasteiger partial charge >= 0.3 is 0 Å². The Kier molecular flexibility index (Phi) is 2.65. The summed E-state index contributed by atoms with van der Waals surface area (Å²) in [7, 11) is 0. The van der Waals surface area contributed by atoms with Crippen LogP contribution in [0.25, 0.3) is 5.52 Å². The van der Waals surface area contributed by atoms with Gasteiger partial charge in [0.05, 0.1) is 12.1 Å². The number of amides is 1. The molecular formula is C14H14BrN3O2. The van der Waals surface area contributed by atoms with Gasteiger partial charge in [-0.3, -0.25) is 4.79 Å². The molecule has 2 aliphatic rings. The summed E-state index contributed by atoms with van der Waals surface area (Å²) in [5.74, 6) is 0.758. The lowest BCUT2D eigenvalue weighted by Gasteiger charge is -2.05. The number of hydrogen-bond donors (Lipinski definition) is 1. The van der Waals surface area contributed by atoms with Crippen molar-refractivity contribution in [3.8, 4) is 0 Å². The fraction of sp³-hybridized carbons (Fsp3) is 0.429. The lowest BCUT2D eigenvalue weighted by molar-refractivity contribution is -0.118. The number of rotatable bonds is 2. The van der Waals surface area contributed by atoms with E-state index in [-0.39, 0.29) is 17.2 Å². The monoisotopic (exact) mass is 335 g/mol. The molecule has 2 fully saturated rings. The van der Waals surface area contributed by atoms with Gasteiger partial charge in [-0.2, -0.15) is 0 Å². The molecule has 1 aliphatic heterocycles. The van der Waals surface area contributed by atoms with Gasteiger partial charge in [-0.25, -0.2) is 4.52 Å². The first kappa shape index (κ1) is 12.3. The Morgan fingerprint density at radius 2 is 2.45 bits per heavy atom. The molecule has 2 aromatic heterocycles. The van der Waals surface area contributed by atoms with Gasteiger partial charge in [0, 0.05) is 34.7 Å². The zero-order chi connectivity index (χ0) is 13.7. The fourth-order valence-corrected chi connectivity index (χ4v) is 3.34. The molecule has 0 aromatic carbocycles. The van der Waals surface area contributed by atoms with Gasteiger partial charge in [0.15, 0.2) is 5.82 Å². The van der Waals surface area contributed by atoms with Crippen LogP contribution in [0.3, 0.4) is 0 Å². The molecule has 2 aromatic rings. The summed E-state index contributed by atoms with van der Waals surface area (Å²) in [5.41, 5.74) is 1.07. The Labute approximate surface area is 124 Å². The molecule has 5 nitrogen and oxygen atoms in total. The molecule has 2 atom stereocenters. The molecule has 6 heteroatoms. The third-order valence-electron chi connectivity index (χ3n) is 4.31. The number of carbonyl (C=O) groups is 1. The van der Waals surface area contributed by atoms with E-state index in [4.69, 9.17) is 4.74 Å². The van der Waals surface area contributed by atoms with Crippen LogP contribution in [0.15, 0.2) is 28.9 Å². The average Bonchev–Trinajstić information content (AvgIpc) is 2.74. The largest absolute Gasteiger partial charge is 0.381 e. The maximum atomic E-state index is 12.3. The summed E-state index contributed by atoms with van der Waals surface area (Å²) in [6, 6.07) is 5.79. The first-order valence-corrected chi connectivity index (χ1v) is 7.49. The molecule has 0 bridgehead atoms. The van der Waals surface area contributed by atoms with E-state index < -0.39 is 0 Å². The Bertz CT molecular complexity index is 691. The standard InChI is InChI=1S/C14H14BrN3O2/c15-9-1-2-10-5-12(17-18(10)7-9)16-13(19)11-6-14(11)3-4-20-8-14/h1-2,5,7,11H,3-4,6,8H2,(H,16,17,19). The van der Waals surface area contributed by atoms with Crippen LogP contribution < -0.4 is 5.32 Å². The summed E-state index contributed by atoms with van der Waals surface area (Å²) >= 11 is 3.40. The van der Waals surface area contributed by atoms with E-state index in [1.807, 2.05) is 24.4 Å². The molecule has 104 valence electrons. The van der Waals surface area contributed by atoms with Gasteiger partial charge in [0.25, 0.3) is 0 Å². The normalized spacial score (nSPS) is 28.1. The minimum atomic E-state index is 0.0676. The summed E-state index contributed by atoms with van der Waals surface area (Å²) in [6.07, 6.45) is 3.81. The number of nitrogens with zero attached hydrogens (tertiary/aromatic N) is 2. The van der Waals surface area contributed by atoms with Gasteiger partial charge in [-0.05, 0) is 40.9 Å². The van der Waals surface area contributed by atoms with Gasteiger partial charge in [0.2, 0.25) is 5.91 Å². The highest BCUT2D eigenvalue weighted by Crippen LogP contribution is 2.58. The number of anilines is 1. The topological polar surface area (TPSA) is 55.6 Å². The van der Waals surface area contributed by atoms with Crippen molar-refractivity contribution < 1.29 is 9.53 Å². The predicted molar refractivity (Wildman–Crippen MR) is 77.5 cm³/mol. The van der Waals surface area contributed by atoms with Crippen molar-refractivity contribution in [1.29, 1.82) is 0 Å². The van der Waals surface area contributed by atoms with Crippen LogP contribution in [0, 0.1) is 11.3 Å². The smallest absolute Gasteiger partial charge is 0.229 e. The highest BCUT2D eigenvalue weighted by atomic mass is 79.9. The molecule has 1 saturated carbocycles. The van der Waals surface area contributed by atoms with Crippen molar-refractivity contribution in [2.75, 3.05) is 18.5 Å². The molecule has 0 radical (unpaired) electrons. The SMILES string of the molecule is O=C(Nc1cc2ccc(Br)cn2n1)C1CC12CCOC2. The minimum absolute atomic E-state index is 0.0676. The Morgan fingerprint density at radius 3 is 3.25 bits per heavy atom. The second kappa shape index (κ2) is 4.30. The van der Waals surface area contributed by atoms with Crippen LogP contribution in [-0.2, 0) is 9.53 Å². The number of carbonyl (C=O) groups excluding carboxylic acids is 1. The molecular weight excluding hydrogens is 322 g/mol. The number of halogens is 1. The Morgan fingerprint density at radius 1 is 1.55 bits per heavy atom. The minimum Gasteiger partial charge on any atom is -0.381 e. The van der Waals surface area contributed by atoms with Gasteiger partial charge < -0.3 is 10.1 Å². The number of pyridine rings is 1. The summed E-state index contributed by atoms with van der Waals surface area (Å²) in [5, 5.41) is 7.28. The van der Waals surface area contributed by atoms with Gasteiger partial charge in [-0.15, -0.1) is 5.10 Å². The molecule has 1 aliphatic carbocycles. The van der Waals surface area contributed by atoms with Crippen molar-refractivity contribution >= 4 is 33.2 Å². The van der Waals surface area contributed by atoms with Crippen molar-refractivity contribution in [3.63, 3.8) is 0 Å². The Hall–Kier alpha value is -1.40. The second-order valence-corrected chi connectivity index (χ2v) is 6.57. The molecule has 1 spiro atoms. The summed E-state index contributed by atoms with van der Waals surface area (Å²) < 4.78 is 8.11. The van der Waals surface area contributed by atoms with E-state index in [1.54, 1.807) is 4.52 Å². The molecule has 2 unspecified atom stereocenters. The van der Waals surface area contributed by atoms with E-state index in [0.29, 0.717) is 5.82 Å². The van der Waals surface area contributed by atoms with Crippen LogP contribution >= 0.6 is 15.9 Å². The van der Waals surface area contributed by atoms with Crippen molar-refractivity contribution in [2.24, 2.45) is 11.3 Å². The predicted octanol–water partition coefficient (Wildman–Crippen LogP) is 2.46. The van der Waals surface area contributed by atoms with Crippen molar-refractivity contribution in [1.82, 2.24) is 9.61 Å².